The molecule has 0 saturated heterocycles. The van der Waals surface area contributed by atoms with Gasteiger partial charge >= 0.3 is 0 Å². The third-order valence-corrected chi connectivity index (χ3v) is 3.23. The molecule has 0 heterocycles. The Morgan fingerprint density at radius 2 is 1.95 bits per heavy atom. The van der Waals surface area contributed by atoms with Gasteiger partial charge in [0.1, 0.15) is 0 Å². The molecule has 1 aromatic carbocycles. The number of rotatable bonds is 7. The van der Waals surface area contributed by atoms with Crippen molar-refractivity contribution in [1.29, 1.82) is 0 Å². The van der Waals surface area contributed by atoms with Crippen LogP contribution in [0.15, 0.2) is 18.2 Å². The fourth-order valence-corrected chi connectivity index (χ4v) is 2.07. The SMILES string of the molecule is CCN(CC)C(=O)CCNC(=O)c1cccc(N)c1OC. The molecule has 0 spiro atoms. The van der Waals surface area contributed by atoms with Gasteiger partial charge in [-0.15, -0.1) is 0 Å². The summed E-state index contributed by atoms with van der Waals surface area (Å²) in [6, 6.07) is 4.99. The zero-order chi connectivity index (χ0) is 15.8. The normalized spacial score (nSPS) is 10.0. The van der Waals surface area contributed by atoms with E-state index in [0.717, 1.165) is 0 Å². The van der Waals surface area contributed by atoms with Crippen LogP contribution >= 0.6 is 0 Å². The van der Waals surface area contributed by atoms with E-state index in [1.54, 1.807) is 23.1 Å². The summed E-state index contributed by atoms with van der Waals surface area (Å²) in [6.45, 7) is 5.49. The lowest BCUT2D eigenvalue weighted by Gasteiger charge is -2.18. The van der Waals surface area contributed by atoms with Crippen molar-refractivity contribution in [1.82, 2.24) is 10.2 Å². The van der Waals surface area contributed by atoms with Crippen LogP contribution in [0, 0.1) is 0 Å². The number of nitrogens with two attached hydrogens (primary N) is 1. The van der Waals surface area contributed by atoms with E-state index in [4.69, 9.17) is 10.5 Å². The lowest BCUT2D eigenvalue weighted by molar-refractivity contribution is -0.130. The third-order valence-electron chi connectivity index (χ3n) is 3.23. The van der Waals surface area contributed by atoms with Gasteiger partial charge in [-0.25, -0.2) is 0 Å². The number of methoxy groups -OCH3 is 1. The van der Waals surface area contributed by atoms with Gasteiger partial charge in [0.15, 0.2) is 5.75 Å². The number of carbonyl (C=O) groups is 2. The van der Waals surface area contributed by atoms with Crippen LogP contribution in [0.25, 0.3) is 0 Å². The Kier molecular flexibility index (Phi) is 6.52. The quantitative estimate of drug-likeness (QED) is 0.741. The van der Waals surface area contributed by atoms with Gasteiger partial charge in [0.25, 0.3) is 5.91 Å². The van der Waals surface area contributed by atoms with Gasteiger partial charge in [0, 0.05) is 26.1 Å². The minimum absolute atomic E-state index is 0.0276. The first-order valence-corrected chi connectivity index (χ1v) is 7.03. The maximum atomic E-state index is 12.1. The Balaban J connectivity index is 2.59. The second kappa shape index (κ2) is 8.14. The van der Waals surface area contributed by atoms with Crippen LogP contribution < -0.4 is 15.8 Å². The predicted molar refractivity (Wildman–Crippen MR) is 82.3 cm³/mol. The minimum atomic E-state index is -0.300. The number of hydrogen-bond acceptors (Lipinski definition) is 4. The van der Waals surface area contributed by atoms with Crippen LogP contribution in [0.2, 0.25) is 0 Å². The van der Waals surface area contributed by atoms with Crippen molar-refractivity contribution in [3.8, 4) is 5.75 Å². The van der Waals surface area contributed by atoms with Crippen LogP contribution in [0.4, 0.5) is 5.69 Å². The summed E-state index contributed by atoms with van der Waals surface area (Å²) in [7, 11) is 1.46. The molecule has 1 aromatic rings. The minimum Gasteiger partial charge on any atom is -0.494 e. The summed E-state index contributed by atoms with van der Waals surface area (Å²) < 4.78 is 5.14. The van der Waals surface area contributed by atoms with Gasteiger partial charge in [0.05, 0.1) is 18.4 Å². The summed E-state index contributed by atoms with van der Waals surface area (Å²) in [5, 5.41) is 2.71. The Bertz CT molecular complexity index is 499. The first kappa shape index (κ1) is 16.8. The van der Waals surface area contributed by atoms with Crippen molar-refractivity contribution in [2.75, 3.05) is 32.5 Å². The molecule has 6 heteroatoms. The Hall–Kier alpha value is -2.24. The first-order valence-electron chi connectivity index (χ1n) is 7.03. The summed E-state index contributed by atoms with van der Waals surface area (Å²) in [5.41, 5.74) is 6.53. The molecule has 0 unspecified atom stereocenters. The number of nitrogen functional groups attached to an aromatic ring is 1. The number of amides is 2. The standard InChI is InChI=1S/C15H23N3O3/c1-4-18(5-2)13(19)9-10-17-15(20)11-7-6-8-12(16)14(11)21-3/h6-8H,4-5,9-10,16H2,1-3H3,(H,17,20). The van der Waals surface area contributed by atoms with Gasteiger partial charge in [-0.3, -0.25) is 9.59 Å². The highest BCUT2D eigenvalue weighted by Gasteiger charge is 2.15. The highest BCUT2D eigenvalue weighted by atomic mass is 16.5. The van der Waals surface area contributed by atoms with Crippen LogP contribution in [-0.2, 0) is 4.79 Å². The van der Waals surface area contributed by atoms with Crippen LogP contribution in [0.5, 0.6) is 5.75 Å². The zero-order valence-electron chi connectivity index (χ0n) is 12.8. The maximum Gasteiger partial charge on any atom is 0.255 e. The summed E-state index contributed by atoms with van der Waals surface area (Å²) in [5.74, 6) is 0.0800. The van der Waals surface area contributed by atoms with E-state index in [0.29, 0.717) is 30.1 Å². The molecular weight excluding hydrogens is 270 g/mol. The van der Waals surface area contributed by atoms with Crippen molar-refractivity contribution in [3.63, 3.8) is 0 Å². The van der Waals surface area contributed by atoms with Gasteiger partial charge in [-0.2, -0.15) is 0 Å². The predicted octanol–water partition coefficient (Wildman–Crippen LogP) is 1.27. The van der Waals surface area contributed by atoms with Crippen molar-refractivity contribution in [3.05, 3.63) is 23.8 Å². The highest BCUT2D eigenvalue weighted by molar-refractivity contribution is 5.98. The number of hydrogen-bond donors (Lipinski definition) is 2. The molecule has 2 amide bonds. The highest BCUT2D eigenvalue weighted by Crippen LogP contribution is 2.25. The number of nitrogens with one attached hydrogen (secondary N) is 1. The molecular formula is C15H23N3O3. The largest absolute Gasteiger partial charge is 0.494 e. The van der Waals surface area contributed by atoms with E-state index in [9.17, 15) is 9.59 Å². The molecule has 0 saturated carbocycles. The molecule has 0 aliphatic heterocycles. The lowest BCUT2D eigenvalue weighted by Crippen LogP contribution is -2.34. The van der Waals surface area contributed by atoms with Gasteiger partial charge < -0.3 is 20.7 Å². The van der Waals surface area contributed by atoms with E-state index in [1.165, 1.54) is 7.11 Å². The number of ether oxygens (including phenoxy) is 1. The molecule has 1 rings (SSSR count). The summed E-state index contributed by atoms with van der Waals surface area (Å²) in [4.78, 5) is 25.7. The molecule has 21 heavy (non-hydrogen) atoms. The average molecular weight is 293 g/mol. The van der Waals surface area contributed by atoms with Crippen molar-refractivity contribution < 1.29 is 14.3 Å². The molecule has 0 atom stereocenters. The smallest absolute Gasteiger partial charge is 0.255 e. The topological polar surface area (TPSA) is 84.7 Å². The summed E-state index contributed by atoms with van der Waals surface area (Å²) in [6.07, 6.45) is 0.276. The molecule has 0 aromatic heterocycles. The molecule has 0 aliphatic carbocycles. The van der Waals surface area contributed by atoms with Crippen molar-refractivity contribution >= 4 is 17.5 Å². The monoisotopic (exact) mass is 293 g/mol. The second-order valence-corrected chi connectivity index (χ2v) is 4.50. The Morgan fingerprint density at radius 3 is 2.52 bits per heavy atom. The first-order chi connectivity index (χ1) is 10.0. The molecule has 0 bridgehead atoms. The number of nitrogens with zero attached hydrogens (tertiary/aromatic N) is 1. The second-order valence-electron chi connectivity index (χ2n) is 4.50. The fourth-order valence-electron chi connectivity index (χ4n) is 2.07. The number of para-hydroxylation sites is 1. The van der Waals surface area contributed by atoms with Gasteiger partial charge in [-0.1, -0.05) is 6.07 Å². The van der Waals surface area contributed by atoms with E-state index >= 15 is 0 Å². The van der Waals surface area contributed by atoms with E-state index in [1.807, 2.05) is 13.8 Å². The van der Waals surface area contributed by atoms with E-state index in [-0.39, 0.29) is 24.8 Å². The molecule has 0 fully saturated rings. The number of carbonyl (C=O) groups excluding carboxylic acids is 2. The number of benzene rings is 1. The van der Waals surface area contributed by atoms with E-state index < -0.39 is 0 Å². The molecule has 0 radical (unpaired) electrons. The Morgan fingerprint density at radius 1 is 1.29 bits per heavy atom. The van der Waals surface area contributed by atoms with Gasteiger partial charge in [0.2, 0.25) is 5.91 Å². The van der Waals surface area contributed by atoms with Crippen LogP contribution in [0.1, 0.15) is 30.6 Å². The fraction of sp³-hybridized carbons (Fsp3) is 0.467. The average Bonchev–Trinajstić information content (AvgIpc) is 2.48. The third kappa shape index (κ3) is 4.37. The molecule has 3 N–H and O–H groups in total. The van der Waals surface area contributed by atoms with Crippen LogP contribution in [0.3, 0.4) is 0 Å². The van der Waals surface area contributed by atoms with Crippen LogP contribution in [-0.4, -0.2) is 43.5 Å². The maximum absolute atomic E-state index is 12.1. The van der Waals surface area contributed by atoms with Gasteiger partial charge in [-0.05, 0) is 26.0 Å². The van der Waals surface area contributed by atoms with E-state index in [2.05, 4.69) is 5.32 Å². The van der Waals surface area contributed by atoms with Crippen molar-refractivity contribution in [2.24, 2.45) is 0 Å². The molecule has 116 valence electrons. The molecule has 6 nitrogen and oxygen atoms in total. The lowest BCUT2D eigenvalue weighted by atomic mass is 10.1. The number of anilines is 1. The summed E-state index contributed by atoms with van der Waals surface area (Å²) >= 11 is 0. The Labute approximate surface area is 125 Å². The zero-order valence-corrected chi connectivity index (χ0v) is 12.8. The van der Waals surface area contributed by atoms with Crippen molar-refractivity contribution in [2.45, 2.75) is 20.3 Å². The molecule has 0 aliphatic rings.